The van der Waals surface area contributed by atoms with Gasteiger partial charge in [0.2, 0.25) is 0 Å². The van der Waals surface area contributed by atoms with Crippen LogP contribution in [0.15, 0.2) is 15.8 Å². The fourth-order valence-corrected chi connectivity index (χ4v) is 1.71. The van der Waals surface area contributed by atoms with Crippen molar-refractivity contribution in [2.75, 3.05) is 0 Å². The van der Waals surface area contributed by atoms with E-state index in [2.05, 4.69) is 10.2 Å². The third kappa shape index (κ3) is 1.46. The molecular weight excluding hydrogens is 208 g/mol. The maximum atomic E-state index is 11.9. The average molecular weight is 222 g/mol. The lowest BCUT2D eigenvalue weighted by Crippen LogP contribution is -2.38. The van der Waals surface area contributed by atoms with E-state index in [1.807, 2.05) is 13.8 Å². The van der Waals surface area contributed by atoms with Gasteiger partial charge in [-0.1, -0.05) is 13.8 Å². The summed E-state index contributed by atoms with van der Waals surface area (Å²) in [7, 11) is 1.48. The summed E-state index contributed by atoms with van der Waals surface area (Å²) in [6, 6.07) is 0. The van der Waals surface area contributed by atoms with E-state index in [9.17, 15) is 9.59 Å². The van der Waals surface area contributed by atoms with Gasteiger partial charge in [-0.15, -0.1) is 0 Å². The Hall–Kier alpha value is -1.85. The van der Waals surface area contributed by atoms with Gasteiger partial charge in [-0.25, -0.2) is 4.79 Å². The van der Waals surface area contributed by atoms with E-state index < -0.39 is 0 Å². The Kier molecular flexibility index (Phi) is 2.41. The summed E-state index contributed by atoms with van der Waals surface area (Å²) in [6.07, 6.45) is 1.52. The van der Waals surface area contributed by atoms with Crippen molar-refractivity contribution >= 4 is 11.0 Å². The molecular formula is C10H14N4O2. The number of fused-ring (bicyclic) bond motifs is 1. The highest BCUT2D eigenvalue weighted by atomic mass is 16.2. The summed E-state index contributed by atoms with van der Waals surface area (Å²) in [5.74, 6) is 0.315. The Morgan fingerprint density at radius 3 is 2.75 bits per heavy atom. The van der Waals surface area contributed by atoms with E-state index >= 15 is 0 Å². The van der Waals surface area contributed by atoms with Crippen molar-refractivity contribution in [3.63, 3.8) is 0 Å². The number of aromatic amines is 1. The Bertz CT molecular complexity index is 632. The van der Waals surface area contributed by atoms with E-state index in [4.69, 9.17) is 0 Å². The van der Waals surface area contributed by atoms with Crippen LogP contribution in [0.25, 0.3) is 11.0 Å². The molecule has 0 bridgehead atoms. The summed E-state index contributed by atoms with van der Waals surface area (Å²) in [6.45, 7) is 4.57. The van der Waals surface area contributed by atoms with E-state index in [1.54, 1.807) is 0 Å². The highest BCUT2D eigenvalue weighted by Gasteiger charge is 2.13. The lowest BCUT2D eigenvalue weighted by atomic mass is 10.2. The monoisotopic (exact) mass is 222 g/mol. The molecule has 0 saturated heterocycles. The van der Waals surface area contributed by atoms with Gasteiger partial charge in [0.05, 0.1) is 0 Å². The van der Waals surface area contributed by atoms with E-state index in [0.29, 0.717) is 23.5 Å². The number of hydrogen-bond acceptors (Lipinski definition) is 3. The van der Waals surface area contributed by atoms with E-state index in [0.717, 1.165) is 4.57 Å². The van der Waals surface area contributed by atoms with Gasteiger partial charge in [0.25, 0.3) is 5.56 Å². The molecule has 6 heteroatoms. The van der Waals surface area contributed by atoms with Gasteiger partial charge < -0.3 is 0 Å². The second-order valence-electron chi connectivity index (χ2n) is 4.27. The van der Waals surface area contributed by atoms with Crippen LogP contribution in [0.5, 0.6) is 0 Å². The first-order valence-corrected chi connectivity index (χ1v) is 5.15. The van der Waals surface area contributed by atoms with Crippen molar-refractivity contribution in [3.8, 4) is 0 Å². The van der Waals surface area contributed by atoms with Crippen molar-refractivity contribution in [3.05, 3.63) is 27.0 Å². The highest BCUT2D eigenvalue weighted by Crippen LogP contribution is 2.05. The van der Waals surface area contributed by atoms with Crippen LogP contribution >= 0.6 is 0 Å². The van der Waals surface area contributed by atoms with Crippen molar-refractivity contribution in [2.24, 2.45) is 13.0 Å². The molecule has 0 radical (unpaired) electrons. The molecule has 16 heavy (non-hydrogen) atoms. The zero-order valence-electron chi connectivity index (χ0n) is 9.52. The Morgan fingerprint density at radius 2 is 2.12 bits per heavy atom. The largest absolute Gasteiger partial charge is 0.332 e. The van der Waals surface area contributed by atoms with Crippen LogP contribution in [-0.4, -0.2) is 19.3 Å². The molecule has 0 aliphatic heterocycles. The highest BCUT2D eigenvalue weighted by molar-refractivity contribution is 5.72. The zero-order valence-corrected chi connectivity index (χ0v) is 9.52. The minimum Gasteiger partial charge on any atom is -0.283 e. The van der Waals surface area contributed by atoms with Crippen molar-refractivity contribution < 1.29 is 0 Å². The second kappa shape index (κ2) is 3.62. The van der Waals surface area contributed by atoms with Gasteiger partial charge in [-0.3, -0.25) is 19.0 Å². The molecule has 0 aromatic carbocycles. The minimum absolute atomic E-state index is 0.311. The van der Waals surface area contributed by atoms with Crippen LogP contribution in [0.3, 0.4) is 0 Å². The molecule has 1 N–H and O–H groups in total. The van der Waals surface area contributed by atoms with Gasteiger partial charge in [-0.2, -0.15) is 5.10 Å². The van der Waals surface area contributed by atoms with Gasteiger partial charge in [-0.05, 0) is 5.92 Å². The average Bonchev–Trinajstić information content (AvgIpc) is 2.69. The first kappa shape index (κ1) is 10.7. The van der Waals surface area contributed by atoms with Gasteiger partial charge in [0.15, 0.2) is 5.65 Å². The quantitative estimate of drug-likeness (QED) is 0.782. The van der Waals surface area contributed by atoms with Crippen LogP contribution in [0, 0.1) is 5.92 Å². The molecule has 0 aliphatic carbocycles. The number of H-pyrrole nitrogens is 1. The molecule has 6 nitrogen and oxygen atoms in total. The molecule has 2 aromatic heterocycles. The van der Waals surface area contributed by atoms with Crippen LogP contribution in [-0.2, 0) is 13.6 Å². The summed E-state index contributed by atoms with van der Waals surface area (Å²) in [4.78, 5) is 23.6. The zero-order chi connectivity index (χ0) is 11.9. The summed E-state index contributed by atoms with van der Waals surface area (Å²) in [5.41, 5.74) is -0.200. The van der Waals surface area contributed by atoms with Crippen molar-refractivity contribution in [1.82, 2.24) is 19.3 Å². The first-order valence-electron chi connectivity index (χ1n) is 5.15. The third-order valence-corrected chi connectivity index (χ3v) is 2.48. The maximum Gasteiger partial charge on any atom is 0.332 e. The molecule has 0 spiro atoms. The molecule has 86 valence electrons. The van der Waals surface area contributed by atoms with Gasteiger partial charge >= 0.3 is 5.69 Å². The molecule has 0 saturated carbocycles. The van der Waals surface area contributed by atoms with Gasteiger partial charge in [0.1, 0.15) is 5.39 Å². The summed E-state index contributed by atoms with van der Waals surface area (Å²) >= 11 is 0. The first-order chi connectivity index (χ1) is 7.52. The molecule has 2 aromatic rings. The van der Waals surface area contributed by atoms with Crippen LogP contribution in [0.2, 0.25) is 0 Å². The molecule has 0 aliphatic rings. The van der Waals surface area contributed by atoms with Crippen LogP contribution in [0.4, 0.5) is 0 Å². The summed E-state index contributed by atoms with van der Waals surface area (Å²) < 4.78 is 2.64. The van der Waals surface area contributed by atoms with Crippen molar-refractivity contribution in [2.45, 2.75) is 20.4 Å². The lowest BCUT2D eigenvalue weighted by molar-refractivity contribution is 0.499. The predicted octanol–water partition coefficient (Wildman–Crippen LogP) is 0.0793. The minimum atomic E-state index is -0.321. The van der Waals surface area contributed by atoms with Crippen LogP contribution in [0.1, 0.15) is 13.8 Å². The number of hydrogen-bond donors (Lipinski definition) is 1. The molecule has 2 heterocycles. The Labute approximate surface area is 91.5 Å². The smallest absolute Gasteiger partial charge is 0.283 e. The topological polar surface area (TPSA) is 72.7 Å². The third-order valence-electron chi connectivity index (χ3n) is 2.48. The fourth-order valence-electron chi connectivity index (χ4n) is 1.71. The summed E-state index contributed by atoms with van der Waals surface area (Å²) in [5, 5.41) is 7.03. The lowest BCUT2D eigenvalue weighted by Gasteiger charge is -2.10. The molecule has 2 rings (SSSR count). The number of nitrogens with zero attached hydrogens (tertiary/aromatic N) is 3. The molecule has 0 amide bonds. The SMILES string of the molecule is CC(C)Cn1c(=O)n(C)c(=O)c2c[nH]nc21. The molecule has 0 fully saturated rings. The number of aromatic nitrogens is 4. The number of rotatable bonds is 2. The Morgan fingerprint density at radius 1 is 1.44 bits per heavy atom. The van der Waals surface area contributed by atoms with Crippen molar-refractivity contribution in [1.29, 1.82) is 0 Å². The Balaban J connectivity index is 2.86. The van der Waals surface area contributed by atoms with E-state index in [1.165, 1.54) is 17.8 Å². The van der Waals surface area contributed by atoms with Gasteiger partial charge in [0, 0.05) is 19.8 Å². The normalized spacial score (nSPS) is 11.5. The maximum absolute atomic E-state index is 11.9. The fraction of sp³-hybridized carbons (Fsp3) is 0.500. The second-order valence-corrected chi connectivity index (χ2v) is 4.27. The number of nitrogens with one attached hydrogen (secondary N) is 1. The molecule has 0 unspecified atom stereocenters. The standard InChI is InChI=1S/C10H14N4O2/c1-6(2)5-14-8-7(4-11-12-8)9(15)13(3)10(14)16/h4,6H,5H2,1-3H3,(H,11,12). The molecule has 0 atom stereocenters. The van der Waals surface area contributed by atoms with E-state index in [-0.39, 0.29) is 11.2 Å². The van der Waals surface area contributed by atoms with Crippen LogP contribution < -0.4 is 11.2 Å². The predicted molar refractivity (Wildman–Crippen MR) is 60.4 cm³/mol.